The number of halogens is 1. The lowest BCUT2D eigenvalue weighted by atomic mass is 10.2. The first-order chi connectivity index (χ1) is 11.4. The maximum Gasteiger partial charge on any atom is 0.326 e. The van der Waals surface area contributed by atoms with Crippen LogP contribution in [0.25, 0.3) is 0 Å². The second-order valence-electron chi connectivity index (χ2n) is 5.70. The molecule has 2 aromatic rings. The summed E-state index contributed by atoms with van der Waals surface area (Å²) in [6.07, 6.45) is 0.414. The summed E-state index contributed by atoms with van der Waals surface area (Å²) in [5.41, 5.74) is 1.23. The van der Waals surface area contributed by atoms with Crippen molar-refractivity contribution >= 4 is 38.8 Å². The highest BCUT2D eigenvalue weighted by atomic mass is 35.5. The molecule has 1 saturated heterocycles. The quantitative estimate of drug-likeness (QED) is 0.905. The number of sulfone groups is 1. The molecule has 1 aliphatic heterocycles. The first-order valence-electron chi connectivity index (χ1n) is 7.56. The summed E-state index contributed by atoms with van der Waals surface area (Å²) in [5.74, 6) is 0.0507. The molecule has 0 radical (unpaired) electrons. The third-order valence-electron chi connectivity index (χ3n) is 3.90. The van der Waals surface area contributed by atoms with Gasteiger partial charge in [-0.3, -0.25) is 4.90 Å². The van der Waals surface area contributed by atoms with Crippen LogP contribution >= 0.6 is 11.6 Å². The van der Waals surface area contributed by atoms with Gasteiger partial charge in [-0.25, -0.2) is 13.2 Å². The summed E-state index contributed by atoms with van der Waals surface area (Å²) < 4.78 is 23.7. The van der Waals surface area contributed by atoms with Crippen LogP contribution < -0.4 is 10.2 Å². The monoisotopic (exact) mass is 364 g/mol. The normalized spacial score (nSPS) is 19.0. The van der Waals surface area contributed by atoms with Crippen LogP contribution in [0.15, 0.2) is 54.6 Å². The largest absolute Gasteiger partial charge is 0.326 e. The Balaban J connectivity index is 1.91. The van der Waals surface area contributed by atoms with Gasteiger partial charge in [0.05, 0.1) is 17.5 Å². The predicted molar refractivity (Wildman–Crippen MR) is 96.5 cm³/mol. The number of rotatable bonds is 3. The molecule has 1 atom stereocenters. The summed E-state index contributed by atoms with van der Waals surface area (Å²) in [6.45, 7) is 0. The molecular weight excluding hydrogens is 348 g/mol. The number of nitrogens with zero attached hydrogens (tertiary/aromatic N) is 1. The SMILES string of the molecule is O=C(Nc1ccccc1)N(c1cccc(Cl)c1)C1CCS(=O)(=O)C1. The zero-order valence-corrected chi connectivity index (χ0v) is 14.4. The number of hydrogen-bond donors (Lipinski definition) is 1. The van der Waals surface area contributed by atoms with E-state index >= 15 is 0 Å². The topological polar surface area (TPSA) is 66.5 Å². The summed E-state index contributed by atoms with van der Waals surface area (Å²) in [4.78, 5) is 14.3. The van der Waals surface area contributed by atoms with E-state index in [0.29, 0.717) is 22.8 Å². The molecular formula is C17H17ClN2O3S. The number of nitrogens with one attached hydrogen (secondary N) is 1. The highest BCUT2D eigenvalue weighted by molar-refractivity contribution is 7.91. The van der Waals surface area contributed by atoms with Crippen LogP contribution in [-0.4, -0.2) is 32.0 Å². The minimum Gasteiger partial charge on any atom is -0.308 e. The molecule has 0 spiro atoms. The summed E-state index contributed by atoms with van der Waals surface area (Å²) in [5, 5.41) is 3.30. The van der Waals surface area contributed by atoms with Crippen LogP contribution in [0.3, 0.4) is 0 Å². The lowest BCUT2D eigenvalue weighted by Crippen LogP contribution is -2.44. The maximum absolute atomic E-state index is 12.8. The van der Waals surface area contributed by atoms with E-state index in [9.17, 15) is 13.2 Å². The highest BCUT2D eigenvalue weighted by Gasteiger charge is 2.35. The summed E-state index contributed by atoms with van der Waals surface area (Å²) >= 11 is 6.04. The Bertz CT molecular complexity index is 840. The molecule has 1 unspecified atom stereocenters. The minimum absolute atomic E-state index is 0.0400. The van der Waals surface area contributed by atoms with Crippen molar-refractivity contribution in [2.75, 3.05) is 21.7 Å². The standard InChI is InChI=1S/C17H17ClN2O3S/c18-13-5-4-8-15(11-13)20(16-9-10-24(22,23)12-16)17(21)19-14-6-2-1-3-7-14/h1-8,11,16H,9-10,12H2,(H,19,21). The predicted octanol–water partition coefficient (Wildman–Crippen LogP) is 3.57. The first-order valence-corrected chi connectivity index (χ1v) is 9.76. The molecule has 0 saturated carbocycles. The highest BCUT2D eigenvalue weighted by Crippen LogP contribution is 2.27. The fourth-order valence-corrected chi connectivity index (χ4v) is 4.69. The van der Waals surface area contributed by atoms with Gasteiger partial charge in [0.2, 0.25) is 0 Å². The molecule has 1 heterocycles. The van der Waals surface area contributed by atoms with Crippen LogP contribution in [0.2, 0.25) is 5.02 Å². The zero-order valence-electron chi connectivity index (χ0n) is 12.9. The van der Waals surface area contributed by atoms with Gasteiger partial charge in [0.1, 0.15) is 0 Å². The number of para-hydroxylation sites is 1. The van der Waals surface area contributed by atoms with E-state index in [4.69, 9.17) is 11.6 Å². The number of anilines is 2. The fourth-order valence-electron chi connectivity index (χ4n) is 2.80. The van der Waals surface area contributed by atoms with E-state index in [1.165, 1.54) is 4.90 Å². The first kappa shape index (κ1) is 16.8. The van der Waals surface area contributed by atoms with E-state index in [2.05, 4.69) is 5.32 Å². The average molecular weight is 365 g/mol. The number of amides is 2. The molecule has 2 amide bonds. The number of hydrogen-bond acceptors (Lipinski definition) is 3. The summed E-state index contributed by atoms with van der Waals surface area (Å²) in [7, 11) is -3.12. The van der Waals surface area contributed by atoms with Crippen molar-refractivity contribution in [3.63, 3.8) is 0 Å². The molecule has 5 nitrogen and oxygen atoms in total. The fraction of sp³-hybridized carbons (Fsp3) is 0.235. The molecule has 126 valence electrons. The molecule has 0 bridgehead atoms. The maximum atomic E-state index is 12.8. The molecule has 1 aliphatic rings. The molecule has 24 heavy (non-hydrogen) atoms. The van der Waals surface area contributed by atoms with Gasteiger partial charge < -0.3 is 5.32 Å². The van der Waals surface area contributed by atoms with Crippen molar-refractivity contribution in [2.24, 2.45) is 0 Å². The average Bonchev–Trinajstić information content (AvgIpc) is 2.88. The van der Waals surface area contributed by atoms with Crippen molar-refractivity contribution in [1.82, 2.24) is 0 Å². The smallest absolute Gasteiger partial charge is 0.308 e. The Morgan fingerprint density at radius 1 is 1.12 bits per heavy atom. The number of urea groups is 1. The van der Waals surface area contributed by atoms with Gasteiger partial charge in [0, 0.05) is 16.4 Å². The van der Waals surface area contributed by atoms with E-state index in [1.807, 2.05) is 18.2 Å². The van der Waals surface area contributed by atoms with Crippen molar-refractivity contribution in [1.29, 1.82) is 0 Å². The Labute approximate surface area is 146 Å². The van der Waals surface area contributed by atoms with Crippen molar-refractivity contribution in [3.8, 4) is 0 Å². The Hall–Kier alpha value is -2.05. The zero-order chi connectivity index (χ0) is 17.2. The van der Waals surface area contributed by atoms with Gasteiger partial charge in [-0.1, -0.05) is 35.9 Å². The van der Waals surface area contributed by atoms with Crippen LogP contribution in [0.4, 0.5) is 16.2 Å². The van der Waals surface area contributed by atoms with E-state index < -0.39 is 15.9 Å². The van der Waals surface area contributed by atoms with Gasteiger partial charge in [-0.2, -0.15) is 0 Å². The van der Waals surface area contributed by atoms with Gasteiger partial charge >= 0.3 is 6.03 Å². The number of benzene rings is 2. The Morgan fingerprint density at radius 3 is 2.50 bits per heavy atom. The minimum atomic E-state index is -3.12. The summed E-state index contributed by atoms with van der Waals surface area (Å²) in [6, 6.07) is 15.1. The lowest BCUT2D eigenvalue weighted by molar-refractivity contribution is 0.255. The lowest BCUT2D eigenvalue weighted by Gasteiger charge is -2.28. The van der Waals surface area contributed by atoms with Crippen LogP contribution in [-0.2, 0) is 9.84 Å². The molecule has 1 N–H and O–H groups in total. The van der Waals surface area contributed by atoms with E-state index in [0.717, 1.165) is 0 Å². The van der Waals surface area contributed by atoms with Crippen LogP contribution in [0.1, 0.15) is 6.42 Å². The molecule has 2 aromatic carbocycles. The van der Waals surface area contributed by atoms with Gasteiger partial charge in [0.25, 0.3) is 0 Å². The van der Waals surface area contributed by atoms with E-state index in [-0.39, 0.29) is 17.5 Å². The third-order valence-corrected chi connectivity index (χ3v) is 5.89. The van der Waals surface area contributed by atoms with E-state index in [1.54, 1.807) is 36.4 Å². The second-order valence-corrected chi connectivity index (χ2v) is 8.37. The van der Waals surface area contributed by atoms with Crippen molar-refractivity contribution < 1.29 is 13.2 Å². The van der Waals surface area contributed by atoms with Crippen molar-refractivity contribution in [2.45, 2.75) is 12.5 Å². The van der Waals surface area contributed by atoms with Gasteiger partial charge in [-0.15, -0.1) is 0 Å². The third kappa shape index (κ3) is 3.88. The van der Waals surface area contributed by atoms with Crippen LogP contribution in [0.5, 0.6) is 0 Å². The van der Waals surface area contributed by atoms with Gasteiger partial charge in [-0.05, 0) is 36.8 Å². The molecule has 7 heteroatoms. The molecule has 3 rings (SSSR count). The van der Waals surface area contributed by atoms with Gasteiger partial charge in [0.15, 0.2) is 9.84 Å². The molecule has 0 aromatic heterocycles. The van der Waals surface area contributed by atoms with Crippen LogP contribution in [0, 0.1) is 0 Å². The second kappa shape index (κ2) is 6.83. The number of carbonyl (C=O) groups is 1. The Morgan fingerprint density at radius 2 is 1.88 bits per heavy atom. The number of carbonyl (C=O) groups excluding carboxylic acids is 1. The van der Waals surface area contributed by atoms with Crippen molar-refractivity contribution in [3.05, 3.63) is 59.6 Å². The molecule has 1 fully saturated rings. The molecule has 0 aliphatic carbocycles. The Kier molecular flexibility index (Phi) is 4.78.